The van der Waals surface area contributed by atoms with Crippen molar-refractivity contribution in [1.29, 1.82) is 0 Å². The average molecular weight is 337 g/mol. The Morgan fingerprint density at radius 2 is 1.80 bits per heavy atom. The predicted octanol–water partition coefficient (Wildman–Crippen LogP) is 3.81. The van der Waals surface area contributed by atoms with Gasteiger partial charge >= 0.3 is 0 Å². The summed E-state index contributed by atoms with van der Waals surface area (Å²) in [6, 6.07) is 14.2. The van der Waals surface area contributed by atoms with Crippen molar-refractivity contribution in [3.05, 3.63) is 59.2 Å². The molecule has 2 aromatic rings. The molecular formula is C21H23NO3. The zero-order valence-corrected chi connectivity index (χ0v) is 14.7. The standard InChI is InChI=1S/C21H23NO3/c1-14-10-15(2)12-16(11-14)17-6-5-9-22(17)21(23)20-13-24-18-7-3-4-8-19(18)25-20/h3-4,7-8,10-12,17,20H,5-6,9,13H2,1-2H3. The van der Waals surface area contributed by atoms with E-state index in [1.807, 2.05) is 29.2 Å². The first kappa shape index (κ1) is 16.0. The Labute approximate surface area is 148 Å². The lowest BCUT2D eigenvalue weighted by molar-refractivity contribution is -0.142. The van der Waals surface area contributed by atoms with Gasteiger partial charge in [-0.05, 0) is 44.4 Å². The Morgan fingerprint density at radius 3 is 2.56 bits per heavy atom. The number of aryl methyl sites for hydroxylation is 2. The number of hydrogen-bond donors (Lipinski definition) is 0. The van der Waals surface area contributed by atoms with Crippen molar-refractivity contribution in [2.24, 2.45) is 0 Å². The SMILES string of the molecule is Cc1cc(C)cc(C2CCCN2C(=O)C2COc3ccccc3O2)c1. The van der Waals surface area contributed by atoms with Crippen LogP contribution in [0.1, 0.15) is 35.6 Å². The molecule has 2 aliphatic rings. The minimum Gasteiger partial charge on any atom is -0.485 e. The molecule has 4 heteroatoms. The van der Waals surface area contributed by atoms with E-state index in [9.17, 15) is 4.79 Å². The van der Waals surface area contributed by atoms with Crippen molar-refractivity contribution < 1.29 is 14.3 Å². The second-order valence-corrected chi connectivity index (χ2v) is 6.97. The van der Waals surface area contributed by atoms with E-state index < -0.39 is 6.10 Å². The monoisotopic (exact) mass is 337 g/mol. The fourth-order valence-electron chi connectivity index (χ4n) is 3.91. The second kappa shape index (κ2) is 6.43. The Kier molecular flexibility index (Phi) is 4.12. The molecule has 25 heavy (non-hydrogen) atoms. The van der Waals surface area contributed by atoms with Crippen LogP contribution in [-0.2, 0) is 4.79 Å². The Hall–Kier alpha value is -2.49. The maximum Gasteiger partial charge on any atom is 0.267 e. The molecule has 4 rings (SSSR count). The van der Waals surface area contributed by atoms with Crippen LogP contribution in [0.5, 0.6) is 11.5 Å². The number of benzene rings is 2. The molecule has 130 valence electrons. The fraction of sp³-hybridized carbons (Fsp3) is 0.381. The van der Waals surface area contributed by atoms with Crippen molar-refractivity contribution in [3.63, 3.8) is 0 Å². The predicted molar refractivity (Wildman–Crippen MR) is 96.0 cm³/mol. The number of hydrogen-bond acceptors (Lipinski definition) is 3. The molecule has 4 nitrogen and oxygen atoms in total. The van der Waals surface area contributed by atoms with Crippen LogP contribution in [0.2, 0.25) is 0 Å². The largest absolute Gasteiger partial charge is 0.485 e. The molecule has 1 fully saturated rings. The van der Waals surface area contributed by atoms with E-state index in [1.54, 1.807) is 0 Å². The van der Waals surface area contributed by atoms with E-state index in [-0.39, 0.29) is 18.6 Å². The van der Waals surface area contributed by atoms with Crippen molar-refractivity contribution in [2.75, 3.05) is 13.2 Å². The third-order valence-electron chi connectivity index (χ3n) is 4.95. The molecule has 0 bridgehead atoms. The molecule has 0 radical (unpaired) electrons. The molecule has 2 heterocycles. The van der Waals surface area contributed by atoms with Gasteiger partial charge in [0.05, 0.1) is 6.04 Å². The number of rotatable bonds is 2. The zero-order valence-electron chi connectivity index (χ0n) is 14.7. The molecule has 1 saturated heterocycles. The van der Waals surface area contributed by atoms with Gasteiger partial charge in [-0.25, -0.2) is 0 Å². The number of likely N-dealkylation sites (tertiary alicyclic amines) is 1. The lowest BCUT2D eigenvalue weighted by Gasteiger charge is -2.32. The Balaban J connectivity index is 1.55. The summed E-state index contributed by atoms with van der Waals surface area (Å²) in [5, 5.41) is 0. The number of nitrogens with zero attached hydrogens (tertiary/aromatic N) is 1. The summed E-state index contributed by atoms with van der Waals surface area (Å²) in [5.74, 6) is 1.38. The van der Waals surface area contributed by atoms with Gasteiger partial charge in [0, 0.05) is 6.54 Å². The smallest absolute Gasteiger partial charge is 0.267 e. The van der Waals surface area contributed by atoms with Gasteiger partial charge in [0.2, 0.25) is 6.10 Å². The molecular weight excluding hydrogens is 314 g/mol. The quantitative estimate of drug-likeness (QED) is 0.836. The fourth-order valence-corrected chi connectivity index (χ4v) is 3.91. The van der Waals surface area contributed by atoms with E-state index in [2.05, 4.69) is 32.0 Å². The highest BCUT2D eigenvalue weighted by Crippen LogP contribution is 2.36. The van der Waals surface area contributed by atoms with E-state index in [1.165, 1.54) is 16.7 Å². The molecule has 2 aliphatic heterocycles. The van der Waals surface area contributed by atoms with Crippen LogP contribution in [0.25, 0.3) is 0 Å². The number of carbonyl (C=O) groups is 1. The molecule has 2 atom stereocenters. The summed E-state index contributed by atoms with van der Waals surface area (Å²) < 4.78 is 11.6. The summed E-state index contributed by atoms with van der Waals surface area (Å²) >= 11 is 0. The van der Waals surface area contributed by atoms with Crippen LogP contribution in [-0.4, -0.2) is 30.1 Å². The average Bonchev–Trinajstić information content (AvgIpc) is 3.09. The second-order valence-electron chi connectivity index (χ2n) is 6.97. The minimum absolute atomic E-state index is 0.0242. The van der Waals surface area contributed by atoms with Gasteiger partial charge < -0.3 is 14.4 Å². The third kappa shape index (κ3) is 3.09. The maximum absolute atomic E-state index is 13.1. The van der Waals surface area contributed by atoms with Gasteiger partial charge in [-0.2, -0.15) is 0 Å². The highest BCUT2D eigenvalue weighted by atomic mass is 16.6. The van der Waals surface area contributed by atoms with Crippen molar-refractivity contribution in [2.45, 2.75) is 38.8 Å². The van der Waals surface area contributed by atoms with Gasteiger partial charge in [0.25, 0.3) is 5.91 Å². The lowest BCUT2D eigenvalue weighted by Crippen LogP contribution is -2.46. The van der Waals surface area contributed by atoms with Crippen LogP contribution in [0.15, 0.2) is 42.5 Å². The molecule has 1 amide bonds. The van der Waals surface area contributed by atoms with E-state index >= 15 is 0 Å². The molecule has 0 N–H and O–H groups in total. The van der Waals surface area contributed by atoms with Gasteiger partial charge in [-0.1, -0.05) is 41.5 Å². The summed E-state index contributed by atoms with van der Waals surface area (Å²) in [6.45, 7) is 5.25. The first-order chi connectivity index (χ1) is 12.1. The van der Waals surface area contributed by atoms with E-state index in [4.69, 9.17) is 9.47 Å². The molecule has 0 aliphatic carbocycles. The molecule has 2 unspecified atom stereocenters. The van der Waals surface area contributed by atoms with Crippen molar-refractivity contribution in [1.82, 2.24) is 4.90 Å². The summed E-state index contributed by atoms with van der Waals surface area (Å²) in [6.07, 6.45) is 1.45. The number of carbonyl (C=O) groups excluding carboxylic acids is 1. The summed E-state index contributed by atoms with van der Waals surface area (Å²) in [5.41, 5.74) is 3.70. The third-order valence-corrected chi connectivity index (χ3v) is 4.95. The molecule has 0 spiro atoms. The summed E-state index contributed by atoms with van der Waals surface area (Å²) in [7, 11) is 0. The number of amides is 1. The van der Waals surface area contributed by atoms with Crippen LogP contribution in [0, 0.1) is 13.8 Å². The highest BCUT2D eigenvalue weighted by molar-refractivity contribution is 5.82. The lowest BCUT2D eigenvalue weighted by atomic mass is 9.99. The highest BCUT2D eigenvalue weighted by Gasteiger charge is 2.37. The summed E-state index contributed by atoms with van der Waals surface area (Å²) in [4.78, 5) is 15.1. The molecule has 0 saturated carbocycles. The Bertz CT molecular complexity index is 781. The maximum atomic E-state index is 13.1. The van der Waals surface area contributed by atoms with E-state index in [0.29, 0.717) is 11.5 Å². The molecule has 2 aromatic carbocycles. The van der Waals surface area contributed by atoms with Crippen molar-refractivity contribution >= 4 is 5.91 Å². The number of fused-ring (bicyclic) bond motifs is 1. The van der Waals surface area contributed by atoms with Crippen molar-refractivity contribution in [3.8, 4) is 11.5 Å². The van der Waals surface area contributed by atoms with Gasteiger partial charge in [-0.3, -0.25) is 4.79 Å². The first-order valence-corrected chi connectivity index (χ1v) is 8.89. The van der Waals surface area contributed by atoms with Gasteiger partial charge in [-0.15, -0.1) is 0 Å². The van der Waals surface area contributed by atoms with Crippen LogP contribution in [0.3, 0.4) is 0 Å². The first-order valence-electron chi connectivity index (χ1n) is 8.89. The van der Waals surface area contributed by atoms with Crippen LogP contribution >= 0.6 is 0 Å². The molecule has 0 aromatic heterocycles. The van der Waals surface area contributed by atoms with Gasteiger partial charge in [0.1, 0.15) is 6.61 Å². The minimum atomic E-state index is -0.568. The topological polar surface area (TPSA) is 38.8 Å². The van der Waals surface area contributed by atoms with Crippen LogP contribution < -0.4 is 9.47 Å². The normalized spacial score (nSPS) is 22.1. The Morgan fingerprint density at radius 1 is 1.08 bits per heavy atom. The van der Waals surface area contributed by atoms with E-state index in [0.717, 1.165) is 19.4 Å². The number of para-hydroxylation sites is 2. The zero-order chi connectivity index (χ0) is 17.4. The number of ether oxygens (including phenoxy) is 2. The van der Waals surface area contributed by atoms with Gasteiger partial charge in [0.15, 0.2) is 11.5 Å². The van der Waals surface area contributed by atoms with Crippen LogP contribution in [0.4, 0.5) is 0 Å².